The maximum Gasteiger partial charge on any atom is 0.319 e. The predicted octanol–water partition coefficient (Wildman–Crippen LogP) is 2.03. The van der Waals surface area contributed by atoms with Crippen LogP contribution in [0.25, 0.3) is 0 Å². The number of likely N-dealkylation sites (tertiary alicyclic amines) is 2. The molecule has 2 amide bonds. The lowest BCUT2D eigenvalue weighted by atomic mass is 9.72. The molecule has 0 aromatic heterocycles. The van der Waals surface area contributed by atoms with Gasteiger partial charge in [-0.25, -0.2) is 4.79 Å². The summed E-state index contributed by atoms with van der Waals surface area (Å²) < 4.78 is 5.41. The van der Waals surface area contributed by atoms with Gasteiger partial charge in [0.15, 0.2) is 0 Å². The molecule has 0 aromatic rings. The monoisotopic (exact) mass is 553 g/mol. The number of methoxy groups -OCH3 is 1. The third kappa shape index (κ3) is 6.92. The van der Waals surface area contributed by atoms with E-state index in [1.807, 2.05) is 9.80 Å². The lowest BCUT2D eigenvalue weighted by molar-refractivity contribution is -0.172. The molecule has 9 nitrogen and oxygen atoms in total. The van der Waals surface area contributed by atoms with E-state index in [9.17, 15) is 15.0 Å². The standard InChI is InChI=1S/C23H44ClN5O4S2/c1-6-15(24)10-16-14(3)29(13-23(16)8-9-28(12-23)22(32)33-5)21(31)27-20-26-11-18(35-20)34-17(7-2)19(30)25-4/h14-20,22,25-26,30,32H,6-13H2,1-5H3,(H,27,31)/t14?,15-,16?,17?,18?,19?,20?,22?,23?/m1/s1. The van der Waals surface area contributed by atoms with Crippen molar-refractivity contribution in [2.45, 2.75) is 85.8 Å². The number of nitrogens with one attached hydrogen (secondary N) is 3. The first-order chi connectivity index (χ1) is 16.7. The molecule has 0 aromatic carbocycles. The number of rotatable bonds is 11. The first-order valence-corrected chi connectivity index (χ1v) is 15.1. The minimum atomic E-state index is -0.923. The third-order valence-electron chi connectivity index (χ3n) is 7.89. The van der Waals surface area contributed by atoms with E-state index >= 15 is 0 Å². The van der Waals surface area contributed by atoms with E-state index in [1.165, 1.54) is 7.11 Å². The van der Waals surface area contributed by atoms with Crippen molar-refractivity contribution in [1.29, 1.82) is 0 Å². The number of amides is 2. The molecule has 1 spiro atoms. The number of urea groups is 1. The zero-order chi connectivity index (χ0) is 25.8. The second kappa shape index (κ2) is 13.2. The van der Waals surface area contributed by atoms with E-state index in [-0.39, 0.29) is 44.1 Å². The summed E-state index contributed by atoms with van der Waals surface area (Å²) in [5.41, 5.74) is -0.275. The largest absolute Gasteiger partial charge is 0.377 e. The molecule has 12 heteroatoms. The van der Waals surface area contributed by atoms with Crippen LogP contribution < -0.4 is 16.0 Å². The molecule has 3 aliphatic heterocycles. The van der Waals surface area contributed by atoms with Gasteiger partial charge in [-0.15, -0.1) is 35.1 Å². The number of ether oxygens (including phenoxy) is 1. The smallest absolute Gasteiger partial charge is 0.319 e. The van der Waals surface area contributed by atoms with Gasteiger partial charge in [0.05, 0.1) is 4.58 Å². The molecule has 0 bridgehead atoms. The Balaban J connectivity index is 1.63. The van der Waals surface area contributed by atoms with Crippen molar-refractivity contribution in [3.8, 4) is 0 Å². The molecule has 0 radical (unpaired) electrons. The van der Waals surface area contributed by atoms with Crippen LogP contribution in [0.2, 0.25) is 0 Å². The average Bonchev–Trinajstić information content (AvgIpc) is 3.56. The van der Waals surface area contributed by atoms with E-state index in [2.05, 4.69) is 36.7 Å². The number of carbonyl (C=O) groups is 1. The Morgan fingerprint density at radius 2 is 2.09 bits per heavy atom. The van der Waals surface area contributed by atoms with E-state index < -0.39 is 12.6 Å². The molecular weight excluding hydrogens is 510 g/mol. The van der Waals surface area contributed by atoms with Gasteiger partial charge in [-0.3, -0.25) is 15.5 Å². The molecule has 3 saturated heterocycles. The molecule has 5 N–H and O–H groups in total. The van der Waals surface area contributed by atoms with Crippen molar-refractivity contribution in [2.24, 2.45) is 11.3 Å². The average molecular weight is 554 g/mol. The molecule has 0 saturated carbocycles. The van der Waals surface area contributed by atoms with Gasteiger partial charge in [-0.2, -0.15) is 0 Å². The maximum absolute atomic E-state index is 13.4. The van der Waals surface area contributed by atoms with Crippen LogP contribution >= 0.6 is 35.1 Å². The summed E-state index contributed by atoms with van der Waals surface area (Å²) in [6.45, 7) is 9.15. The summed E-state index contributed by atoms with van der Waals surface area (Å²) in [5, 5.41) is 30.1. The molecule has 3 fully saturated rings. The van der Waals surface area contributed by atoms with Crippen LogP contribution in [0.5, 0.6) is 0 Å². The molecule has 0 aliphatic carbocycles. The van der Waals surface area contributed by atoms with Crippen LogP contribution in [0.3, 0.4) is 0 Å². The number of halogens is 1. The van der Waals surface area contributed by atoms with Gasteiger partial charge in [0.2, 0.25) is 6.41 Å². The van der Waals surface area contributed by atoms with Crippen molar-refractivity contribution in [3.63, 3.8) is 0 Å². The Morgan fingerprint density at radius 3 is 2.71 bits per heavy atom. The predicted molar refractivity (Wildman–Crippen MR) is 144 cm³/mol. The summed E-state index contributed by atoms with van der Waals surface area (Å²) in [7, 11) is 3.27. The number of hydrogen-bond donors (Lipinski definition) is 5. The molecule has 9 atom stereocenters. The number of alkyl halides is 1. The van der Waals surface area contributed by atoms with E-state index in [4.69, 9.17) is 16.3 Å². The van der Waals surface area contributed by atoms with Gasteiger partial charge < -0.3 is 25.2 Å². The lowest BCUT2D eigenvalue weighted by Crippen LogP contribution is -2.49. The van der Waals surface area contributed by atoms with Crippen molar-refractivity contribution in [3.05, 3.63) is 0 Å². The van der Waals surface area contributed by atoms with Crippen molar-refractivity contribution in [2.75, 3.05) is 40.3 Å². The molecule has 35 heavy (non-hydrogen) atoms. The molecule has 3 heterocycles. The third-order valence-corrected chi connectivity index (χ3v) is 11.5. The summed E-state index contributed by atoms with van der Waals surface area (Å²) in [6.07, 6.45) is 2.04. The second-order valence-corrected chi connectivity index (χ2v) is 13.7. The fraction of sp³-hybridized carbons (Fsp3) is 0.957. The van der Waals surface area contributed by atoms with Gasteiger partial charge in [0, 0.05) is 55.4 Å². The highest BCUT2D eigenvalue weighted by molar-refractivity contribution is 8.17. The summed E-state index contributed by atoms with van der Waals surface area (Å²) in [6, 6.07) is -0.0139. The number of nitrogens with zero attached hydrogens (tertiary/aromatic N) is 2. The summed E-state index contributed by atoms with van der Waals surface area (Å²) in [4.78, 5) is 17.4. The van der Waals surface area contributed by atoms with Gasteiger partial charge in [0.1, 0.15) is 11.7 Å². The van der Waals surface area contributed by atoms with Crippen molar-refractivity contribution in [1.82, 2.24) is 25.8 Å². The van der Waals surface area contributed by atoms with Crippen molar-refractivity contribution < 1.29 is 19.7 Å². The quantitative estimate of drug-likeness (QED) is 0.194. The van der Waals surface area contributed by atoms with Gasteiger partial charge in [-0.05, 0) is 45.6 Å². The number of aliphatic hydroxyl groups is 2. The minimum absolute atomic E-state index is 0.0502. The van der Waals surface area contributed by atoms with Crippen LogP contribution in [0.4, 0.5) is 4.79 Å². The van der Waals surface area contributed by atoms with Crippen LogP contribution in [-0.4, -0.2) is 106 Å². The number of aliphatic hydroxyl groups excluding tert-OH is 2. The Kier molecular flexibility index (Phi) is 11.1. The Hall–Kier alpha value is 0.0200. The van der Waals surface area contributed by atoms with Crippen molar-refractivity contribution >= 4 is 41.2 Å². The highest BCUT2D eigenvalue weighted by atomic mass is 35.5. The van der Waals surface area contributed by atoms with Crippen LogP contribution in [0.15, 0.2) is 0 Å². The molecule has 3 aliphatic rings. The number of carbonyl (C=O) groups excluding carboxylic acids is 1. The Morgan fingerprint density at radius 1 is 1.34 bits per heavy atom. The molecular formula is C23H44ClN5O4S2. The van der Waals surface area contributed by atoms with Gasteiger partial charge in [-0.1, -0.05) is 13.8 Å². The van der Waals surface area contributed by atoms with Gasteiger partial charge in [0.25, 0.3) is 0 Å². The van der Waals surface area contributed by atoms with Crippen LogP contribution in [-0.2, 0) is 4.74 Å². The SMILES string of the molecule is CCC(SC1CNC(NC(=O)N2CC3(CCN(C(O)OC)C3)C(C[C@H](Cl)CC)C2C)S1)C(O)NC. The number of hydrogen-bond acceptors (Lipinski definition) is 9. The highest BCUT2D eigenvalue weighted by Crippen LogP contribution is 2.50. The molecule has 3 rings (SSSR count). The van der Waals surface area contributed by atoms with E-state index in [1.54, 1.807) is 30.6 Å². The van der Waals surface area contributed by atoms with Crippen LogP contribution in [0.1, 0.15) is 46.5 Å². The first kappa shape index (κ1) is 29.6. The Bertz CT molecular complexity index is 700. The highest BCUT2D eigenvalue weighted by Gasteiger charge is 2.56. The van der Waals surface area contributed by atoms with Crippen LogP contribution in [0, 0.1) is 11.3 Å². The topological polar surface area (TPSA) is 109 Å². The summed E-state index contributed by atoms with van der Waals surface area (Å²) in [5.74, 6) is 0.255. The van der Waals surface area contributed by atoms with E-state index in [0.29, 0.717) is 13.1 Å². The minimum Gasteiger partial charge on any atom is -0.377 e. The second-order valence-electron chi connectivity index (χ2n) is 9.98. The van der Waals surface area contributed by atoms with E-state index in [0.717, 1.165) is 38.8 Å². The molecule has 204 valence electrons. The first-order valence-electron chi connectivity index (χ1n) is 12.7. The zero-order valence-electron chi connectivity index (χ0n) is 21.6. The fourth-order valence-electron chi connectivity index (χ4n) is 5.76. The lowest BCUT2D eigenvalue weighted by Gasteiger charge is -2.33. The van der Waals surface area contributed by atoms with Gasteiger partial charge >= 0.3 is 6.03 Å². The maximum atomic E-state index is 13.4. The zero-order valence-corrected chi connectivity index (χ0v) is 24.0. The number of thioether (sulfide) groups is 2. The Labute approximate surface area is 223 Å². The molecule has 8 unspecified atom stereocenters. The normalized spacial score (nSPS) is 34.9. The summed E-state index contributed by atoms with van der Waals surface area (Å²) >= 11 is 10.1. The fourth-order valence-corrected chi connectivity index (χ4v) is 8.89.